The predicted molar refractivity (Wildman–Crippen MR) is 81.1 cm³/mol. The molecule has 102 valence electrons. The first-order valence-electron chi connectivity index (χ1n) is 5.85. The van der Waals surface area contributed by atoms with Crippen molar-refractivity contribution in [3.05, 3.63) is 34.9 Å². The lowest BCUT2D eigenvalue weighted by Crippen LogP contribution is -2.23. The van der Waals surface area contributed by atoms with Crippen LogP contribution in [0.25, 0.3) is 0 Å². The third-order valence-electron chi connectivity index (χ3n) is 2.94. The largest absolute Gasteiger partial charge is 0.228 e. The summed E-state index contributed by atoms with van der Waals surface area (Å²) in [5.41, 5.74) is 0.677. The number of halogens is 2. The van der Waals surface area contributed by atoms with E-state index >= 15 is 0 Å². The Morgan fingerprint density at radius 3 is 2.39 bits per heavy atom. The SMILES string of the molecule is CC(C)C(CBr)CS(=O)(=O)Cc1ccccc1Cl. The zero-order chi connectivity index (χ0) is 13.8. The van der Waals surface area contributed by atoms with Crippen LogP contribution in [0.4, 0.5) is 0 Å². The smallest absolute Gasteiger partial charge is 0.154 e. The van der Waals surface area contributed by atoms with Gasteiger partial charge < -0.3 is 0 Å². The monoisotopic (exact) mass is 352 g/mol. The highest BCUT2D eigenvalue weighted by atomic mass is 79.9. The van der Waals surface area contributed by atoms with E-state index in [0.717, 1.165) is 0 Å². The molecular formula is C13H18BrClO2S. The van der Waals surface area contributed by atoms with Crippen LogP contribution in [0.2, 0.25) is 5.02 Å². The van der Waals surface area contributed by atoms with E-state index in [-0.39, 0.29) is 17.4 Å². The number of alkyl halides is 1. The van der Waals surface area contributed by atoms with Crippen LogP contribution in [0, 0.1) is 11.8 Å². The van der Waals surface area contributed by atoms with E-state index in [2.05, 4.69) is 15.9 Å². The van der Waals surface area contributed by atoms with Gasteiger partial charge in [0, 0.05) is 10.4 Å². The van der Waals surface area contributed by atoms with E-state index in [0.29, 0.717) is 21.8 Å². The summed E-state index contributed by atoms with van der Waals surface area (Å²) in [7, 11) is -3.13. The maximum Gasteiger partial charge on any atom is 0.154 e. The second kappa shape index (κ2) is 6.92. The summed E-state index contributed by atoms with van der Waals surface area (Å²) in [6.45, 7) is 4.08. The molecule has 0 fully saturated rings. The highest BCUT2D eigenvalue weighted by molar-refractivity contribution is 9.09. The number of benzene rings is 1. The molecule has 0 heterocycles. The van der Waals surface area contributed by atoms with Crippen molar-refractivity contribution in [2.24, 2.45) is 11.8 Å². The lowest BCUT2D eigenvalue weighted by molar-refractivity contribution is 0.461. The van der Waals surface area contributed by atoms with Gasteiger partial charge in [0.25, 0.3) is 0 Å². The molecule has 1 unspecified atom stereocenters. The molecule has 0 radical (unpaired) electrons. The van der Waals surface area contributed by atoms with Gasteiger partial charge in [-0.05, 0) is 23.5 Å². The van der Waals surface area contributed by atoms with Crippen molar-refractivity contribution in [2.75, 3.05) is 11.1 Å². The molecule has 0 bridgehead atoms. The fourth-order valence-electron chi connectivity index (χ4n) is 1.65. The van der Waals surface area contributed by atoms with Gasteiger partial charge in [-0.25, -0.2) is 8.42 Å². The molecule has 0 saturated heterocycles. The number of rotatable bonds is 6. The maximum atomic E-state index is 12.1. The van der Waals surface area contributed by atoms with Crippen LogP contribution in [0.1, 0.15) is 19.4 Å². The Balaban J connectivity index is 2.80. The Bertz CT molecular complexity index is 486. The van der Waals surface area contributed by atoms with Crippen LogP contribution in [-0.4, -0.2) is 19.5 Å². The fraction of sp³-hybridized carbons (Fsp3) is 0.538. The molecule has 0 spiro atoms. The van der Waals surface area contributed by atoms with Crippen LogP contribution in [0.3, 0.4) is 0 Å². The van der Waals surface area contributed by atoms with Crippen molar-refractivity contribution in [1.29, 1.82) is 0 Å². The Morgan fingerprint density at radius 2 is 1.89 bits per heavy atom. The summed E-state index contributed by atoms with van der Waals surface area (Å²) >= 11 is 9.37. The zero-order valence-corrected chi connectivity index (χ0v) is 13.7. The quantitative estimate of drug-likeness (QED) is 0.726. The van der Waals surface area contributed by atoms with Gasteiger partial charge in [-0.15, -0.1) is 0 Å². The third-order valence-corrected chi connectivity index (χ3v) is 5.83. The molecule has 2 nitrogen and oxygen atoms in total. The van der Waals surface area contributed by atoms with Crippen molar-refractivity contribution < 1.29 is 8.42 Å². The van der Waals surface area contributed by atoms with E-state index in [1.165, 1.54) is 0 Å². The Kier molecular flexibility index (Phi) is 6.15. The summed E-state index contributed by atoms with van der Waals surface area (Å²) in [5.74, 6) is 0.687. The molecule has 1 atom stereocenters. The highest BCUT2D eigenvalue weighted by Gasteiger charge is 2.22. The van der Waals surface area contributed by atoms with Gasteiger partial charge in [-0.1, -0.05) is 59.6 Å². The van der Waals surface area contributed by atoms with Crippen LogP contribution >= 0.6 is 27.5 Å². The standard InChI is InChI=1S/C13H18BrClO2S/c1-10(2)12(7-14)9-18(16,17)8-11-5-3-4-6-13(11)15/h3-6,10,12H,7-9H2,1-2H3. The topological polar surface area (TPSA) is 34.1 Å². The van der Waals surface area contributed by atoms with Gasteiger partial charge in [0.1, 0.15) is 0 Å². The van der Waals surface area contributed by atoms with Crippen LogP contribution in [0.15, 0.2) is 24.3 Å². The number of hydrogen-bond donors (Lipinski definition) is 0. The summed E-state index contributed by atoms with van der Waals surface area (Å²) in [6, 6.07) is 7.09. The molecule has 1 aromatic rings. The minimum Gasteiger partial charge on any atom is -0.228 e. The Morgan fingerprint density at radius 1 is 1.28 bits per heavy atom. The maximum absolute atomic E-state index is 12.1. The van der Waals surface area contributed by atoms with Crippen LogP contribution in [-0.2, 0) is 15.6 Å². The number of sulfone groups is 1. The minimum absolute atomic E-state index is 0.0168. The number of hydrogen-bond acceptors (Lipinski definition) is 2. The van der Waals surface area contributed by atoms with Crippen molar-refractivity contribution in [1.82, 2.24) is 0 Å². The second-order valence-corrected chi connectivity index (χ2v) is 7.97. The second-order valence-electron chi connectivity index (χ2n) is 4.80. The molecule has 1 rings (SSSR count). The van der Waals surface area contributed by atoms with Crippen molar-refractivity contribution in [3.63, 3.8) is 0 Å². The Labute approximate surface area is 123 Å². The van der Waals surface area contributed by atoms with E-state index in [4.69, 9.17) is 11.6 Å². The first kappa shape index (κ1) is 16.0. The summed E-state index contributed by atoms with van der Waals surface area (Å²) in [4.78, 5) is 0. The summed E-state index contributed by atoms with van der Waals surface area (Å²) in [5, 5.41) is 1.22. The molecule has 0 aliphatic rings. The van der Waals surface area contributed by atoms with Crippen molar-refractivity contribution in [3.8, 4) is 0 Å². The third kappa shape index (κ3) is 4.90. The van der Waals surface area contributed by atoms with Gasteiger partial charge in [-0.3, -0.25) is 0 Å². The molecule has 0 amide bonds. The van der Waals surface area contributed by atoms with Gasteiger partial charge in [0.05, 0.1) is 11.5 Å². The highest BCUT2D eigenvalue weighted by Crippen LogP contribution is 2.22. The van der Waals surface area contributed by atoms with Gasteiger partial charge in [-0.2, -0.15) is 0 Å². The van der Waals surface area contributed by atoms with E-state index < -0.39 is 9.84 Å². The molecule has 5 heteroatoms. The molecule has 18 heavy (non-hydrogen) atoms. The first-order chi connectivity index (χ1) is 8.35. The van der Waals surface area contributed by atoms with E-state index in [1.807, 2.05) is 13.8 Å². The minimum atomic E-state index is -3.13. The molecule has 0 saturated carbocycles. The lowest BCUT2D eigenvalue weighted by Gasteiger charge is -2.18. The lowest BCUT2D eigenvalue weighted by atomic mass is 10.0. The Hall–Kier alpha value is -0.0600. The first-order valence-corrected chi connectivity index (χ1v) is 9.17. The van der Waals surface area contributed by atoms with Gasteiger partial charge in [0.15, 0.2) is 9.84 Å². The molecule has 0 aliphatic carbocycles. The van der Waals surface area contributed by atoms with Crippen molar-refractivity contribution >= 4 is 37.4 Å². The van der Waals surface area contributed by atoms with Gasteiger partial charge >= 0.3 is 0 Å². The molecule has 1 aromatic carbocycles. The van der Waals surface area contributed by atoms with Crippen LogP contribution < -0.4 is 0 Å². The molecule has 0 aromatic heterocycles. The van der Waals surface area contributed by atoms with E-state index in [9.17, 15) is 8.42 Å². The van der Waals surface area contributed by atoms with E-state index in [1.54, 1.807) is 24.3 Å². The fourth-order valence-corrected chi connectivity index (χ4v) is 5.21. The van der Waals surface area contributed by atoms with Gasteiger partial charge in [0.2, 0.25) is 0 Å². The average Bonchev–Trinajstić information content (AvgIpc) is 2.28. The predicted octanol–water partition coefficient (Wildman–Crippen LogP) is 3.92. The summed E-state index contributed by atoms with van der Waals surface area (Å²) < 4.78 is 24.3. The molecular weight excluding hydrogens is 336 g/mol. The average molecular weight is 354 g/mol. The molecule has 0 aliphatic heterocycles. The van der Waals surface area contributed by atoms with Crippen molar-refractivity contribution in [2.45, 2.75) is 19.6 Å². The zero-order valence-electron chi connectivity index (χ0n) is 10.6. The summed E-state index contributed by atoms with van der Waals surface area (Å²) in [6.07, 6.45) is 0. The normalized spacial score (nSPS) is 13.8. The molecule has 0 N–H and O–H groups in total. The van der Waals surface area contributed by atoms with Crippen LogP contribution in [0.5, 0.6) is 0 Å².